The number of hydrogen-bond acceptors (Lipinski definition) is 9. The summed E-state index contributed by atoms with van der Waals surface area (Å²) in [5, 5.41) is 46.2. The summed E-state index contributed by atoms with van der Waals surface area (Å²) in [6.07, 6.45) is 0.318. The van der Waals surface area contributed by atoms with Crippen molar-refractivity contribution in [3.8, 4) is 5.75 Å². The minimum Gasteiger partial charge on any atom is -0.508 e. The Bertz CT molecular complexity index is 1360. The van der Waals surface area contributed by atoms with E-state index in [0.717, 1.165) is 0 Å². The van der Waals surface area contributed by atoms with Crippen LogP contribution in [0.5, 0.6) is 5.75 Å². The summed E-state index contributed by atoms with van der Waals surface area (Å²) in [4.78, 5) is 52.7. The number of likely N-dealkylation sites (N-methyl/N-ethyl adjacent to an activating group) is 1. The number of fused-ring (bicyclic) bond motifs is 3. The highest BCUT2D eigenvalue weighted by atomic mass is 35.5. The van der Waals surface area contributed by atoms with E-state index in [1.165, 1.54) is 25.1 Å². The number of phenolic OH excluding ortho intramolecular Hbond substituents is 1. The normalized spacial score (nSPS) is 26.9. The van der Waals surface area contributed by atoms with E-state index >= 15 is 0 Å². The Hall–Kier alpha value is -2.83. The van der Waals surface area contributed by atoms with Gasteiger partial charge in [0, 0.05) is 11.5 Å². The van der Waals surface area contributed by atoms with Gasteiger partial charge in [-0.3, -0.25) is 24.1 Å². The molecule has 0 aromatic heterocycles. The molecule has 14 heteroatoms. The largest absolute Gasteiger partial charge is 0.508 e. The summed E-state index contributed by atoms with van der Waals surface area (Å²) in [5.41, 5.74) is 1.31. The molecule has 39 heavy (non-hydrogen) atoms. The highest BCUT2D eigenvalue weighted by molar-refractivity contribution is 6.36. The first-order valence-electron chi connectivity index (χ1n) is 11.8. The smallest absolute Gasteiger partial charge is 0.255 e. The van der Waals surface area contributed by atoms with E-state index in [9.17, 15) is 39.6 Å². The van der Waals surface area contributed by atoms with Crippen LogP contribution in [0.3, 0.4) is 0 Å². The van der Waals surface area contributed by atoms with Crippen LogP contribution in [0.25, 0.3) is 5.76 Å². The molecule has 0 spiro atoms. The summed E-state index contributed by atoms with van der Waals surface area (Å²) in [5.74, 6) is -8.32. The predicted molar refractivity (Wildman–Crippen MR) is 145 cm³/mol. The Morgan fingerprint density at radius 2 is 1.87 bits per heavy atom. The Labute approximate surface area is 239 Å². The highest BCUT2D eigenvalue weighted by Gasteiger charge is 2.64. The van der Waals surface area contributed by atoms with Gasteiger partial charge in [0.05, 0.1) is 16.6 Å². The van der Waals surface area contributed by atoms with Gasteiger partial charge in [0.1, 0.15) is 28.2 Å². The Morgan fingerprint density at radius 1 is 1.26 bits per heavy atom. The van der Waals surface area contributed by atoms with Crippen molar-refractivity contribution >= 4 is 70.4 Å². The third-order valence-electron chi connectivity index (χ3n) is 7.55. The summed E-state index contributed by atoms with van der Waals surface area (Å²) >= 11 is 12.3. The first kappa shape index (κ1) is 30.7. The zero-order valence-electron chi connectivity index (χ0n) is 21.1. The highest BCUT2D eigenvalue weighted by Crippen LogP contribution is 2.54. The van der Waals surface area contributed by atoms with Crippen LogP contribution in [-0.4, -0.2) is 79.8 Å². The molecule has 0 radical (unpaired) electrons. The third kappa shape index (κ3) is 4.46. The average molecular weight is 605 g/mol. The molecule has 4 unspecified atom stereocenters. The lowest BCUT2D eigenvalue weighted by Gasteiger charge is -2.50. The van der Waals surface area contributed by atoms with Crippen molar-refractivity contribution in [3.05, 3.63) is 39.1 Å². The van der Waals surface area contributed by atoms with Gasteiger partial charge < -0.3 is 31.5 Å². The second-order valence-electron chi connectivity index (χ2n) is 9.94. The molecule has 212 valence electrons. The topological polar surface area (TPSA) is 190 Å². The first-order valence-corrected chi connectivity index (χ1v) is 12.6. The fraction of sp³-hybridized carbons (Fsp3) is 0.440. The lowest BCUT2D eigenvalue weighted by Crippen LogP contribution is -2.65. The van der Waals surface area contributed by atoms with Gasteiger partial charge in [0.2, 0.25) is 11.7 Å². The molecule has 0 bridgehead atoms. The number of ketones is 2. The van der Waals surface area contributed by atoms with Gasteiger partial charge in [-0.2, -0.15) is 0 Å². The molecule has 0 saturated heterocycles. The number of primary amides is 1. The molecule has 0 heterocycles. The molecule has 4 rings (SSSR count). The minimum atomic E-state index is -2.74. The minimum absolute atomic E-state index is 0. The average Bonchev–Trinajstić information content (AvgIpc) is 2.82. The number of phenols is 1. The molecule has 1 fully saturated rings. The second-order valence-corrected chi connectivity index (χ2v) is 10.9. The Morgan fingerprint density at radius 3 is 2.41 bits per heavy atom. The number of aliphatic hydroxyl groups excluding tert-OH is 2. The fourth-order valence-electron chi connectivity index (χ4n) is 5.77. The van der Waals surface area contributed by atoms with Crippen molar-refractivity contribution in [1.82, 2.24) is 4.90 Å². The number of anilines is 1. The van der Waals surface area contributed by atoms with Crippen LogP contribution in [0.15, 0.2) is 23.0 Å². The first-order chi connectivity index (χ1) is 17.7. The van der Waals surface area contributed by atoms with Crippen LogP contribution in [0.1, 0.15) is 30.9 Å². The number of amides is 2. The number of carbonyl (C=O) groups excluding carboxylic acids is 4. The van der Waals surface area contributed by atoms with Crippen molar-refractivity contribution in [1.29, 1.82) is 0 Å². The van der Waals surface area contributed by atoms with E-state index in [4.69, 9.17) is 28.9 Å². The number of nitrogens with two attached hydrogens (primary N) is 1. The molecule has 1 aromatic carbocycles. The SMILES string of the molecule is CCC(Cl)C(=O)Nc1c(Cl)cc2c(c1O)C(O)=C1C(=O)C3(O)C(O)=C(C(N)=O)C(=O)[C@@H](N(C)C)C3CC1C2.Cl. The van der Waals surface area contributed by atoms with Crippen molar-refractivity contribution in [2.24, 2.45) is 17.6 Å². The van der Waals surface area contributed by atoms with Crippen LogP contribution in [0, 0.1) is 11.8 Å². The van der Waals surface area contributed by atoms with E-state index in [0.29, 0.717) is 12.0 Å². The number of nitrogens with one attached hydrogen (secondary N) is 1. The van der Waals surface area contributed by atoms with Crippen molar-refractivity contribution in [3.63, 3.8) is 0 Å². The number of rotatable bonds is 5. The number of halogens is 3. The zero-order valence-corrected chi connectivity index (χ0v) is 23.4. The monoisotopic (exact) mass is 603 g/mol. The molecule has 7 N–H and O–H groups in total. The fourth-order valence-corrected chi connectivity index (χ4v) is 6.09. The molecule has 2 amide bonds. The Balaban J connectivity index is 0.00000420. The molecular formula is C25H28Cl3N3O8. The van der Waals surface area contributed by atoms with E-state index in [1.807, 2.05) is 0 Å². The molecule has 3 aliphatic carbocycles. The van der Waals surface area contributed by atoms with Crippen molar-refractivity contribution < 1.29 is 39.6 Å². The van der Waals surface area contributed by atoms with Gasteiger partial charge in [-0.15, -0.1) is 24.0 Å². The number of alkyl halides is 1. The lowest BCUT2D eigenvalue weighted by atomic mass is 9.57. The van der Waals surface area contributed by atoms with E-state index in [1.54, 1.807) is 6.92 Å². The number of nitrogens with zero attached hydrogens (tertiary/aromatic N) is 1. The molecule has 1 aromatic rings. The second kappa shape index (κ2) is 10.6. The molecular weight excluding hydrogens is 577 g/mol. The van der Waals surface area contributed by atoms with Crippen LogP contribution in [-0.2, 0) is 25.6 Å². The Kier molecular flexibility index (Phi) is 8.37. The molecule has 11 nitrogen and oxygen atoms in total. The predicted octanol–water partition coefficient (Wildman–Crippen LogP) is 2.00. The van der Waals surface area contributed by atoms with Gasteiger partial charge >= 0.3 is 0 Å². The maximum Gasteiger partial charge on any atom is 0.255 e. The summed E-state index contributed by atoms with van der Waals surface area (Å²) in [7, 11) is 3.04. The number of aliphatic hydroxyl groups is 3. The summed E-state index contributed by atoms with van der Waals surface area (Å²) in [6.45, 7) is 1.68. The maximum atomic E-state index is 13.8. The molecule has 1 saturated carbocycles. The maximum absolute atomic E-state index is 13.8. The summed E-state index contributed by atoms with van der Waals surface area (Å²) in [6, 6.07) is 0.252. The standard InChI is InChI=1S/C25H27Cl2N3O8.ClH/c1-4-11(26)24(37)29-16-12(27)7-9-5-8-6-10-17(30(2)3)20(33)15(23(28)36)22(35)25(10,38)21(34)14(8)18(31)13(9)19(16)32;/h7-8,10-11,17,31-32,35,38H,4-6H2,1-3H3,(H2,28,36)(H,29,37);1H/t8?,10?,11?,17-,25?;/m0./s1. The summed E-state index contributed by atoms with van der Waals surface area (Å²) < 4.78 is 0. The van der Waals surface area contributed by atoms with Crippen LogP contribution in [0.2, 0.25) is 5.02 Å². The number of benzene rings is 1. The van der Waals surface area contributed by atoms with E-state index in [2.05, 4.69) is 5.32 Å². The third-order valence-corrected chi connectivity index (χ3v) is 8.36. The van der Waals surface area contributed by atoms with Gasteiger partial charge in [0.25, 0.3) is 5.91 Å². The van der Waals surface area contributed by atoms with Gasteiger partial charge in [0.15, 0.2) is 17.1 Å². The van der Waals surface area contributed by atoms with Gasteiger partial charge in [-0.1, -0.05) is 18.5 Å². The van der Waals surface area contributed by atoms with Crippen molar-refractivity contribution in [2.75, 3.05) is 19.4 Å². The van der Waals surface area contributed by atoms with Gasteiger partial charge in [-0.05, 0) is 50.9 Å². The van der Waals surface area contributed by atoms with Crippen LogP contribution >= 0.6 is 35.6 Å². The van der Waals surface area contributed by atoms with Crippen molar-refractivity contribution in [2.45, 2.75) is 43.2 Å². The number of carbonyl (C=O) groups is 4. The lowest BCUT2D eigenvalue weighted by molar-refractivity contribution is -0.153. The van der Waals surface area contributed by atoms with E-state index in [-0.39, 0.29) is 47.1 Å². The molecule has 3 aliphatic rings. The van der Waals surface area contributed by atoms with Crippen LogP contribution in [0.4, 0.5) is 5.69 Å². The zero-order chi connectivity index (χ0) is 28.4. The van der Waals surface area contributed by atoms with Crippen LogP contribution < -0.4 is 11.1 Å². The quantitative estimate of drug-likeness (QED) is 0.166. The van der Waals surface area contributed by atoms with E-state index < -0.39 is 75.1 Å². The number of hydrogen-bond donors (Lipinski definition) is 6. The van der Waals surface area contributed by atoms with Gasteiger partial charge in [-0.25, -0.2) is 0 Å². The molecule has 0 aliphatic heterocycles. The molecule has 5 atom stereocenters. The number of aromatic hydroxyl groups is 1. The number of Topliss-reactive ketones (excluding diaryl/α,β-unsaturated/α-hetero) is 2.